The van der Waals surface area contributed by atoms with Gasteiger partial charge in [-0.05, 0) is 37.1 Å². The lowest BCUT2D eigenvalue weighted by Gasteiger charge is -2.37. The maximum Gasteiger partial charge on any atom is 0.221 e. The molecular formula is C14H20ClN3O. The van der Waals surface area contributed by atoms with Gasteiger partial charge in [-0.1, -0.05) is 23.7 Å². The molecule has 0 aliphatic carbocycles. The van der Waals surface area contributed by atoms with Crippen molar-refractivity contribution in [2.75, 3.05) is 19.6 Å². The summed E-state index contributed by atoms with van der Waals surface area (Å²) in [7, 11) is 0. The van der Waals surface area contributed by atoms with Crippen LogP contribution in [0.2, 0.25) is 5.02 Å². The summed E-state index contributed by atoms with van der Waals surface area (Å²) < 4.78 is 0. The monoisotopic (exact) mass is 281 g/mol. The minimum Gasteiger partial charge on any atom is -0.369 e. The third-order valence-electron chi connectivity index (χ3n) is 3.77. The van der Waals surface area contributed by atoms with Crippen molar-refractivity contribution in [3.8, 4) is 0 Å². The van der Waals surface area contributed by atoms with Crippen molar-refractivity contribution in [3.63, 3.8) is 0 Å². The van der Waals surface area contributed by atoms with Crippen LogP contribution in [0.25, 0.3) is 0 Å². The number of likely N-dealkylation sites (tertiary alicyclic amines) is 1. The molecule has 19 heavy (non-hydrogen) atoms. The average molecular weight is 282 g/mol. The van der Waals surface area contributed by atoms with E-state index in [0.29, 0.717) is 18.1 Å². The first-order valence-corrected chi connectivity index (χ1v) is 6.98. The zero-order chi connectivity index (χ0) is 13.8. The predicted molar refractivity (Wildman–Crippen MR) is 76.7 cm³/mol. The molecule has 5 heteroatoms. The number of benzene rings is 1. The number of hydrogen-bond acceptors (Lipinski definition) is 3. The summed E-state index contributed by atoms with van der Waals surface area (Å²) in [4.78, 5) is 13.6. The Morgan fingerprint density at radius 1 is 1.42 bits per heavy atom. The number of piperidine rings is 1. The summed E-state index contributed by atoms with van der Waals surface area (Å²) >= 11 is 5.90. The topological polar surface area (TPSA) is 72.3 Å². The minimum atomic E-state index is -0.212. The fraction of sp³-hybridized carbons (Fsp3) is 0.500. The number of carbonyl (C=O) groups excluding carboxylic acids is 1. The third-order valence-corrected chi connectivity index (χ3v) is 4.03. The fourth-order valence-corrected chi connectivity index (χ4v) is 2.83. The second kappa shape index (κ2) is 6.37. The summed E-state index contributed by atoms with van der Waals surface area (Å²) in [6, 6.07) is 7.85. The van der Waals surface area contributed by atoms with Gasteiger partial charge >= 0.3 is 0 Å². The largest absolute Gasteiger partial charge is 0.369 e. The Hall–Kier alpha value is -1.10. The van der Waals surface area contributed by atoms with Gasteiger partial charge in [-0.15, -0.1) is 0 Å². The Balaban J connectivity index is 2.12. The molecule has 2 rings (SSSR count). The van der Waals surface area contributed by atoms with Crippen molar-refractivity contribution in [1.82, 2.24) is 4.90 Å². The third kappa shape index (κ3) is 3.47. The van der Waals surface area contributed by atoms with Gasteiger partial charge in [0.1, 0.15) is 0 Å². The molecule has 1 aromatic rings. The molecule has 0 radical (unpaired) electrons. The molecule has 2 unspecified atom stereocenters. The van der Waals surface area contributed by atoms with Gasteiger partial charge in [0.2, 0.25) is 5.91 Å². The number of carbonyl (C=O) groups is 1. The number of hydrogen-bond donors (Lipinski definition) is 2. The van der Waals surface area contributed by atoms with Crippen molar-refractivity contribution in [2.45, 2.75) is 18.9 Å². The second-order valence-corrected chi connectivity index (χ2v) is 5.48. The molecule has 0 spiro atoms. The molecule has 104 valence electrons. The molecule has 1 amide bonds. The zero-order valence-electron chi connectivity index (χ0n) is 10.9. The van der Waals surface area contributed by atoms with Gasteiger partial charge in [0.25, 0.3) is 0 Å². The quantitative estimate of drug-likeness (QED) is 0.879. The van der Waals surface area contributed by atoms with E-state index in [1.165, 1.54) is 0 Å². The Labute approximate surface area is 118 Å². The molecule has 0 aromatic heterocycles. The van der Waals surface area contributed by atoms with Gasteiger partial charge < -0.3 is 11.5 Å². The molecule has 1 aromatic carbocycles. The predicted octanol–water partition coefficient (Wildman–Crippen LogP) is 1.54. The van der Waals surface area contributed by atoms with Crippen LogP contribution in [0.4, 0.5) is 0 Å². The highest BCUT2D eigenvalue weighted by molar-refractivity contribution is 6.30. The van der Waals surface area contributed by atoms with E-state index in [4.69, 9.17) is 23.1 Å². The van der Waals surface area contributed by atoms with Crippen LogP contribution in [0.15, 0.2) is 24.3 Å². The number of rotatable bonds is 4. The van der Waals surface area contributed by atoms with E-state index in [9.17, 15) is 4.79 Å². The first-order chi connectivity index (χ1) is 9.11. The van der Waals surface area contributed by atoms with E-state index in [2.05, 4.69) is 4.90 Å². The first kappa shape index (κ1) is 14.3. The molecule has 0 bridgehead atoms. The van der Waals surface area contributed by atoms with Crippen LogP contribution >= 0.6 is 11.6 Å². The normalized spacial score (nSPS) is 22.1. The molecule has 1 aliphatic rings. The fourth-order valence-electron chi connectivity index (χ4n) is 2.70. The van der Waals surface area contributed by atoms with Gasteiger partial charge in [-0.25, -0.2) is 0 Å². The van der Waals surface area contributed by atoms with E-state index in [1.807, 2.05) is 24.3 Å². The Kier molecular flexibility index (Phi) is 4.80. The molecular weight excluding hydrogens is 262 g/mol. The Bertz CT molecular complexity index is 435. The van der Waals surface area contributed by atoms with Crippen LogP contribution in [-0.4, -0.2) is 30.4 Å². The SMILES string of the molecule is NCC(c1ccc(Cl)cc1)N1CCCC(C(N)=O)C1. The van der Waals surface area contributed by atoms with E-state index in [-0.39, 0.29) is 17.9 Å². The number of primary amides is 1. The molecule has 0 saturated carbocycles. The number of halogens is 1. The maximum atomic E-state index is 11.3. The van der Waals surface area contributed by atoms with Gasteiger partial charge in [-0.3, -0.25) is 9.69 Å². The van der Waals surface area contributed by atoms with Crippen molar-refractivity contribution >= 4 is 17.5 Å². The summed E-state index contributed by atoms with van der Waals surface area (Å²) in [5.41, 5.74) is 12.5. The lowest BCUT2D eigenvalue weighted by Crippen LogP contribution is -2.44. The summed E-state index contributed by atoms with van der Waals surface area (Å²) in [6.45, 7) is 2.17. The van der Waals surface area contributed by atoms with Crippen molar-refractivity contribution in [2.24, 2.45) is 17.4 Å². The van der Waals surface area contributed by atoms with E-state index in [0.717, 1.165) is 24.9 Å². The van der Waals surface area contributed by atoms with Gasteiger partial charge in [0, 0.05) is 24.2 Å². The molecule has 2 atom stereocenters. The van der Waals surface area contributed by atoms with Crippen LogP contribution in [0.5, 0.6) is 0 Å². The molecule has 4 N–H and O–H groups in total. The standard InChI is InChI=1S/C14H20ClN3O/c15-12-5-3-10(4-6-12)13(8-16)18-7-1-2-11(9-18)14(17)19/h3-6,11,13H,1-2,7-9,16H2,(H2,17,19). The zero-order valence-corrected chi connectivity index (χ0v) is 11.6. The molecule has 1 aliphatic heterocycles. The van der Waals surface area contributed by atoms with Crippen molar-refractivity contribution in [1.29, 1.82) is 0 Å². The average Bonchev–Trinajstić information content (AvgIpc) is 2.42. The van der Waals surface area contributed by atoms with Crippen LogP contribution in [0.3, 0.4) is 0 Å². The number of amides is 1. The van der Waals surface area contributed by atoms with Gasteiger partial charge in [-0.2, -0.15) is 0 Å². The summed E-state index contributed by atoms with van der Waals surface area (Å²) in [5, 5.41) is 0.716. The molecule has 4 nitrogen and oxygen atoms in total. The number of nitrogens with two attached hydrogens (primary N) is 2. The van der Waals surface area contributed by atoms with Crippen molar-refractivity contribution in [3.05, 3.63) is 34.9 Å². The Morgan fingerprint density at radius 3 is 2.68 bits per heavy atom. The van der Waals surface area contributed by atoms with Crippen LogP contribution in [0, 0.1) is 5.92 Å². The molecule has 1 saturated heterocycles. The van der Waals surface area contributed by atoms with E-state index >= 15 is 0 Å². The van der Waals surface area contributed by atoms with Crippen LogP contribution in [0.1, 0.15) is 24.4 Å². The lowest BCUT2D eigenvalue weighted by molar-refractivity contribution is -0.123. The van der Waals surface area contributed by atoms with Gasteiger partial charge in [0.15, 0.2) is 0 Å². The lowest BCUT2D eigenvalue weighted by atomic mass is 9.94. The smallest absolute Gasteiger partial charge is 0.221 e. The van der Waals surface area contributed by atoms with Crippen molar-refractivity contribution < 1.29 is 4.79 Å². The molecule has 1 heterocycles. The van der Waals surface area contributed by atoms with Crippen LogP contribution < -0.4 is 11.5 Å². The first-order valence-electron chi connectivity index (χ1n) is 6.60. The highest BCUT2D eigenvalue weighted by atomic mass is 35.5. The maximum absolute atomic E-state index is 11.3. The molecule has 1 fully saturated rings. The van der Waals surface area contributed by atoms with E-state index < -0.39 is 0 Å². The van der Waals surface area contributed by atoms with Crippen LogP contribution in [-0.2, 0) is 4.79 Å². The highest BCUT2D eigenvalue weighted by Crippen LogP contribution is 2.27. The summed E-state index contributed by atoms with van der Waals surface area (Å²) in [6.07, 6.45) is 1.86. The summed E-state index contributed by atoms with van der Waals surface area (Å²) in [5.74, 6) is -0.272. The highest BCUT2D eigenvalue weighted by Gasteiger charge is 2.28. The van der Waals surface area contributed by atoms with E-state index in [1.54, 1.807) is 0 Å². The Morgan fingerprint density at radius 2 is 2.11 bits per heavy atom. The second-order valence-electron chi connectivity index (χ2n) is 5.04. The minimum absolute atomic E-state index is 0.0601. The number of nitrogens with zero attached hydrogens (tertiary/aromatic N) is 1. The van der Waals surface area contributed by atoms with Gasteiger partial charge in [0.05, 0.1) is 5.92 Å².